The van der Waals surface area contributed by atoms with E-state index in [0.29, 0.717) is 5.69 Å². The predicted octanol–water partition coefficient (Wildman–Crippen LogP) is 4.77. The Hall–Kier alpha value is -3.06. The Morgan fingerprint density at radius 2 is 1.57 bits per heavy atom. The molecule has 0 heterocycles. The first-order valence-corrected chi connectivity index (χ1v) is 10.6. The fraction of sp³-hybridized carbons (Fsp3) is 0.385. The maximum absolute atomic E-state index is 13.5. The molecule has 2 aromatic rings. The van der Waals surface area contributed by atoms with Gasteiger partial charge in [-0.15, -0.1) is 6.42 Å². The third-order valence-electron chi connectivity index (χ3n) is 5.68. The quantitative estimate of drug-likeness (QED) is 0.733. The molecule has 156 valence electrons. The molecule has 0 saturated heterocycles. The van der Waals surface area contributed by atoms with Gasteiger partial charge < -0.3 is 5.32 Å². The van der Waals surface area contributed by atoms with Crippen LogP contribution in [0.1, 0.15) is 60.4 Å². The first kappa shape index (κ1) is 21.6. The molecule has 0 aromatic heterocycles. The van der Waals surface area contributed by atoms with Crippen LogP contribution >= 0.6 is 0 Å². The topological polar surface area (TPSA) is 49.4 Å². The summed E-state index contributed by atoms with van der Waals surface area (Å²) in [6, 6.07) is 12.9. The van der Waals surface area contributed by atoms with Crippen molar-refractivity contribution in [1.82, 2.24) is 5.32 Å². The zero-order valence-electron chi connectivity index (χ0n) is 18.1. The maximum atomic E-state index is 13.5. The van der Waals surface area contributed by atoms with Crippen LogP contribution in [-0.2, 0) is 9.59 Å². The fourth-order valence-corrected chi connectivity index (χ4v) is 4.24. The SMILES string of the molecule is C#CC(=O)N(c1cc(C)cc(C)c1)C(C(=O)NC1CCCCC1)c1ccc(C)cc1. The maximum Gasteiger partial charge on any atom is 0.303 e. The number of terminal acetylenes is 1. The van der Waals surface area contributed by atoms with E-state index in [9.17, 15) is 9.59 Å². The van der Waals surface area contributed by atoms with Gasteiger partial charge in [0, 0.05) is 11.7 Å². The number of anilines is 1. The van der Waals surface area contributed by atoms with E-state index in [1.165, 1.54) is 11.3 Å². The molecule has 2 aromatic carbocycles. The molecule has 0 bridgehead atoms. The highest BCUT2D eigenvalue weighted by atomic mass is 16.2. The van der Waals surface area contributed by atoms with Crippen LogP contribution in [0.2, 0.25) is 0 Å². The number of nitrogens with one attached hydrogen (secondary N) is 1. The number of carbonyl (C=O) groups excluding carboxylic acids is 2. The van der Waals surface area contributed by atoms with Crippen molar-refractivity contribution in [3.8, 4) is 12.3 Å². The van der Waals surface area contributed by atoms with Gasteiger partial charge in [0.1, 0.15) is 6.04 Å². The van der Waals surface area contributed by atoms with E-state index in [1.54, 1.807) is 0 Å². The molecule has 1 aliphatic rings. The van der Waals surface area contributed by atoms with Gasteiger partial charge >= 0.3 is 5.91 Å². The number of amides is 2. The van der Waals surface area contributed by atoms with Crippen LogP contribution in [0.5, 0.6) is 0 Å². The number of nitrogens with zero attached hydrogens (tertiary/aromatic N) is 1. The highest BCUT2D eigenvalue weighted by Crippen LogP contribution is 2.30. The lowest BCUT2D eigenvalue weighted by Crippen LogP contribution is -2.47. The summed E-state index contributed by atoms with van der Waals surface area (Å²) >= 11 is 0. The molecule has 1 fully saturated rings. The van der Waals surface area contributed by atoms with Gasteiger partial charge in [0.05, 0.1) is 0 Å². The Bertz CT molecular complexity index is 930. The van der Waals surface area contributed by atoms with E-state index in [1.807, 2.05) is 63.2 Å². The molecule has 3 rings (SSSR count). The number of rotatable bonds is 5. The number of benzene rings is 2. The summed E-state index contributed by atoms with van der Waals surface area (Å²) in [6.45, 7) is 5.94. The Morgan fingerprint density at radius 3 is 2.13 bits per heavy atom. The van der Waals surface area contributed by atoms with Crippen molar-refractivity contribution in [1.29, 1.82) is 0 Å². The summed E-state index contributed by atoms with van der Waals surface area (Å²) in [7, 11) is 0. The van der Waals surface area contributed by atoms with Crippen LogP contribution in [0, 0.1) is 33.1 Å². The average Bonchev–Trinajstić information content (AvgIpc) is 2.72. The van der Waals surface area contributed by atoms with Crippen LogP contribution < -0.4 is 10.2 Å². The minimum Gasteiger partial charge on any atom is -0.351 e. The van der Waals surface area contributed by atoms with Crippen LogP contribution in [0.3, 0.4) is 0 Å². The average molecular weight is 403 g/mol. The number of aryl methyl sites for hydroxylation is 3. The number of carbonyl (C=O) groups is 2. The van der Waals surface area contributed by atoms with E-state index in [-0.39, 0.29) is 11.9 Å². The molecular weight excluding hydrogens is 372 g/mol. The van der Waals surface area contributed by atoms with E-state index >= 15 is 0 Å². The Labute approximate surface area is 179 Å². The summed E-state index contributed by atoms with van der Waals surface area (Å²) in [6.07, 6.45) is 10.9. The molecular formula is C26H30N2O2. The fourth-order valence-electron chi connectivity index (χ4n) is 4.24. The molecule has 0 aliphatic heterocycles. The molecule has 1 aliphatic carbocycles. The first-order valence-electron chi connectivity index (χ1n) is 10.6. The molecule has 1 N–H and O–H groups in total. The Balaban J connectivity index is 2.06. The third-order valence-corrected chi connectivity index (χ3v) is 5.68. The zero-order chi connectivity index (χ0) is 21.7. The molecule has 1 atom stereocenters. The van der Waals surface area contributed by atoms with Gasteiger partial charge in [-0.1, -0.05) is 55.2 Å². The lowest BCUT2D eigenvalue weighted by Gasteiger charge is -2.32. The van der Waals surface area contributed by atoms with Gasteiger partial charge in [-0.2, -0.15) is 0 Å². The van der Waals surface area contributed by atoms with Crippen molar-refractivity contribution in [2.75, 3.05) is 4.90 Å². The first-order chi connectivity index (χ1) is 14.4. The van der Waals surface area contributed by atoms with Crippen molar-refractivity contribution in [2.24, 2.45) is 0 Å². The van der Waals surface area contributed by atoms with Crippen LogP contribution in [-0.4, -0.2) is 17.9 Å². The molecule has 0 spiro atoms. The van der Waals surface area contributed by atoms with Crippen molar-refractivity contribution in [3.05, 3.63) is 64.7 Å². The van der Waals surface area contributed by atoms with Gasteiger partial charge in [0.15, 0.2) is 0 Å². The normalized spacial score (nSPS) is 15.1. The second-order valence-corrected chi connectivity index (χ2v) is 8.32. The summed E-state index contributed by atoms with van der Waals surface area (Å²) in [5.74, 6) is 1.52. The standard InChI is InChI=1S/C26H30N2O2/c1-5-24(29)28(23-16-19(3)15-20(4)17-23)25(21-13-11-18(2)12-14-21)26(30)27-22-9-7-6-8-10-22/h1,11-17,22,25H,6-10H2,2-4H3,(H,27,30). The van der Waals surface area contributed by atoms with Crippen molar-refractivity contribution in [3.63, 3.8) is 0 Å². The second kappa shape index (κ2) is 9.63. The van der Waals surface area contributed by atoms with E-state index in [0.717, 1.165) is 47.9 Å². The van der Waals surface area contributed by atoms with Gasteiger partial charge in [0.25, 0.3) is 0 Å². The number of hydrogen-bond donors (Lipinski definition) is 1. The van der Waals surface area contributed by atoms with Crippen molar-refractivity contribution >= 4 is 17.5 Å². The predicted molar refractivity (Wildman–Crippen MR) is 121 cm³/mol. The molecule has 4 nitrogen and oxygen atoms in total. The molecule has 1 unspecified atom stereocenters. The summed E-state index contributed by atoms with van der Waals surface area (Å²) < 4.78 is 0. The second-order valence-electron chi connectivity index (χ2n) is 8.32. The van der Waals surface area contributed by atoms with E-state index < -0.39 is 11.9 Å². The molecule has 30 heavy (non-hydrogen) atoms. The molecule has 0 radical (unpaired) electrons. The van der Waals surface area contributed by atoms with Gasteiger partial charge in [0.2, 0.25) is 5.91 Å². The lowest BCUT2D eigenvalue weighted by atomic mass is 9.94. The van der Waals surface area contributed by atoms with E-state index in [4.69, 9.17) is 6.42 Å². The largest absolute Gasteiger partial charge is 0.351 e. The molecule has 1 saturated carbocycles. The zero-order valence-corrected chi connectivity index (χ0v) is 18.1. The Kier molecular flexibility index (Phi) is 6.95. The summed E-state index contributed by atoms with van der Waals surface area (Å²) in [5.41, 5.74) is 4.49. The van der Waals surface area contributed by atoms with Gasteiger partial charge in [-0.05, 0) is 68.4 Å². The van der Waals surface area contributed by atoms with Gasteiger partial charge in [-0.25, -0.2) is 0 Å². The van der Waals surface area contributed by atoms with Crippen LogP contribution in [0.4, 0.5) is 5.69 Å². The van der Waals surface area contributed by atoms with Crippen molar-refractivity contribution < 1.29 is 9.59 Å². The highest BCUT2D eigenvalue weighted by Gasteiger charge is 2.33. The molecule has 2 amide bonds. The summed E-state index contributed by atoms with van der Waals surface area (Å²) in [4.78, 5) is 27.9. The monoisotopic (exact) mass is 402 g/mol. The third kappa shape index (κ3) is 5.10. The van der Waals surface area contributed by atoms with Crippen LogP contribution in [0.25, 0.3) is 0 Å². The lowest BCUT2D eigenvalue weighted by molar-refractivity contribution is -0.125. The van der Waals surface area contributed by atoms with Gasteiger partial charge in [-0.3, -0.25) is 14.5 Å². The van der Waals surface area contributed by atoms with E-state index in [2.05, 4.69) is 11.2 Å². The smallest absolute Gasteiger partial charge is 0.303 e. The minimum absolute atomic E-state index is 0.140. The minimum atomic E-state index is -0.822. The highest BCUT2D eigenvalue weighted by molar-refractivity contribution is 6.09. The Morgan fingerprint density at radius 1 is 0.967 bits per heavy atom. The van der Waals surface area contributed by atoms with Crippen LogP contribution in [0.15, 0.2) is 42.5 Å². The molecule has 4 heteroatoms. The summed E-state index contributed by atoms with van der Waals surface area (Å²) in [5, 5.41) is 3.19. The van der Waals surface area contributed by atoms with Crippen molar-refractivity contribution in [2.45, 2.75) is 65.0 Å². The number of hydrogen-bond acceptors (Lipinski definition) is 2.